The Hall–Kier alpha value is -1.52. The van der Waals surface area contributed by atoms with Crippen molar-refractivity contribution in [3.8, 4) is 0 Å². The Morgan fingerprint density at radius 1 is 1.40 bits per heavy atom. The van der Waals surface area contributed by atoms with Crippen LogP contribution in [0.2, 0.25) is 0 Å². The van der Waals surface area contributed by atoms with E-state index in [1.807, 2.05) is 6.07 Å². The molecule has 2 rings (SSSR count). The summed E-state index contributed by atoms with van der Waals surface area (Å²) < 4.78 is 5.39. The molecule has 1 aromatic heterocycles. The van der Waals surface area contributed by atoms with Crippen molar-refractivity contribution in [3.63, 3.8) is 0 Å². The minimum atomic E-state index is 0.495. The molecule has 2 N–H and O–H groups in total. The lowest BCUT2D eigenvalue weighted by molar-refractivity contribution is 0.372. The first-order chi connectivity index (χ1) is 9.76. The highest BCUT2D eigenvalue weighted by atomic mass is 16.5. The van der Waals surface area contributed by atoms with Gasteiger partial charge in [0.1, 0.15) is 6.54 Å². The molecule has 1 saturated carbocycles. The SMILES string of the molecule is CCNC(=NCc1cc(C(CC)CC)no1)NC1CC1. The second kappa shape index (κ2) is 7.31. The predicted octanol–water partition coefficient (Wildman–Crippen LogP) is 2.80. The van der Waals surface area contributed by atoms with Gasteiger partial charge in [0.25, 0.3) is 0 Å². The van der Waals surface area contributed by atoms with Crippen LogP contribution in [0.15, 0.2) is 15.6 Å². The summed E-state index contributed by atoms with van der Waals surface area (Å²) in [6.07, 6.45) is 4.67. The van der Waals surface area contributed by atoms with Gasteiger partial charge in [0.15, 0.2) is 11.7 Å². The summed E-state index contributed by atoms with van der Waals surface area (Å²) >= 11 is 0. The molecular formula is C15H26N4O. The Bertz CT molecular complexity index is 433. The molecule has 5 nitrogen and oxygen atoms in total. The smallest absolute Gasteiger partial charge is 0.191 e. The van der Waals surface area contributed by atoms with Gasteiger partial charge in [0.05, 0.1) is 5.69 Å². The van der Waals surface area contributed by atoms with Crippen LogP contribution in [0, 0.1) is 0 Å². The molecule has 0 bridgehead atoms. The quantitative estimate of drug-likeness (QED) is 0.594. The van der Waals surface area contributed by atoms with Gasteiger partial charge in [-0.15, -0.1) is 0 Å². The predicted molar refractivity (Wildman–Crippen MR) is 80.8 cm³/mol. The van der Waals surface area contributed by atoms with E-state index in [4.69, 9.17) is 4.52 Å². The average Bonchev–Trinajstić information content (AvgIpc) is 3.14. The van der Waals surface area contributed by atoms with Crippen LogP contribution < -0.4 is 10.6 Å². The molecule has 1 fully saturated rings. The Morgan fingerprint density at radius 2 is 2.15 bits per heavy atom. The van der Waals surface area contributed by atoms with Crippen LogP contribution in [0.4, 0.5) is 0 Å². The largest absolute Gasteiger partial charge is 0.359 e. The standard InChI is InChI=1S/C15H26N4O/c1-4-11(5-2)14-9-13(20-19-14)10-17-15(16-6-3)18-12-7-8-12/h9,11-12H,4-8,10H2,1-3H3,(H2,16,17,18). The zero-order valence-electron chi connectivity index (χ0n) is 12.8. The third-order valence-corrected chi connectivity index (χ3v) is 3.64. The second-order valence-corrected chi connectivity index (χ2v) is 5.35. The van der Waals surface area contributed by atoms with Crippen LogP contribution in [0.25, 0.3) is 0 Å². The molecule has 0 aromatic carbocycles. The molecule has 1 aliphatic carbocycles. The first-order valence-electron chi connectivity index (χ1n) is 7.77. The van der Waals surface area contributed by atoms with Gasteiger partial charge in [-0.25, -0.2) is 4.99 Å². The first-order valence-corrected chi connectivity index (χ1v) is 7.77. The van der Waals surface area contributed by atoms with Gasteiger partial charge in [0.2, 0.25) is 0 Å². The summed E-state index contributed by atoms with van der Waals surface area (Å²) in [7, 11) is 0. The molecule has 0 spiro atoms. The van der Waals surface area contributed by atoms with Crippen molar-refractivity contribution in [2.75, 3.05) is 6.54 Å². The van der Waals surface area contributed by atoms with E-state index in [1.165, 1.54) is 12.8 Å². The van der Waals surface area contributed by atoms with E-state index in [1.54, 1.807) is 0 Å². The van der Waals surface area contributed by atoms with Crippen LogP contribution in [-0.4, -0.2) is 23.7 Å². The van der Waals surface area contributed by atoms with Crippen molar-refractivity contribution >= 4 is 5.96 Å². The van der Waals surface area contributed by atoms with Crippen molar-refractivity contribution in [1.82, 2.24) is 15.8 Å². The van der Waals surface area contributed by atoms with E-state index in [0.29, 0.717) is 18.5 Å². The molecular weight excluding hydrogens is 252 g/mol. The van der Waals surface area contributed by atoms with E-state index < -0.39 is 0 Å². The number of nitrogens with zero attached hydrogens (tertiary/aromatic N) is 2. The number of rotatable bonds is 7. The molecule has 1 heterocycles. The number of hydrogen-bond acceptors (Lipinski definition) is 3. The molecule has 0 amide bonds. The Morgan fingerprint density at radius 3 is 2.75 bits per heavy atom. The van der Waals surface area contributed by atoms with Gasteiger partial charge in [-0.1, -0.05) is 19.0 Å². The number of nitrogens with one attached hydrogen (secondary N) is 2. The van der Waals surface area contributed by atoms with Gasteiger partial charge < -0.3 is 15.2 Å². The van der Waals surface area contributed by atoms with E-state index in [9.17, 15) is 0 Å². The monoisotopic (exact) mass is 278 g/mol. The lowest BCUT2D eigenvalue weighted by Crippen LogP contribution is -2.38. The van der Waals surface area contributed by atoms with E-state index in [-0.39, 0.29) is 0 Å². The number of aliphatic imine (C=N–C) groups is 1. The lowest BCUT2D eigenvalue weighted by Gasteiger charge is -2.09. The second-order valence-electron chi connectivity index (χ2n) is 5.35. The molecule has 0 radical (unpaired) electrons. The third-order valence-electron chi connectivity index (χ3n) is 3.64. The zero-order chi connectivity index (χ0) is 14.4. The Kier molecular flexibility index (Phi) is 5.44. The normalized spacial score (nSPS) is 15.7. The van der Waals surface area contributed by atoms with Crippen molar-refractivity contribution in [2.45, 2.75) is 65.0 Å². The third kappa shape index (κ3) is 4.25. The van der Waals surface area contributed by atoms with E-state index in [2.05, 4.69) is 41.6 Å². The Balaban J connectivity index is 1.93. The van der Waals surface area contributed by atoms with Gasteiger partial charge in [-0.2, -0.15) is 0 Å². The van der Waals surface area contributed by atoms with Crippen LogP contribution in [-0.2, 0) is 6.54 Å². The van der Waals surface area contributed by atoms with Gasteiger partial charge in [0, 0.05) is 24.6 Å². The summed E-state index contributed by atoms with van der Waals surface area (Å²) in [5, 5.41) is 10.8. The summed E-state index contributed by atoms with van der Waals surface area (Å²) in [5.74, 6) is 2.20. The van der Waals surface area contributed by atoms with E-state index >= 15 is 0 Å². The summed E-state index contributed by atoms with van der Waals surface area (Å²) in [4.78, 5) is 4.55. The number of aromatic nitrogens is 1. The topological polar surface area (TPSA) is 62.5 Å². The number of hydrogen-bond donors (Lipinski definition) is 2. The van der Waals surface area contributed by atoms with Crippen molar-refractivity contribution in [2.24, 2.45) is 4.99 Å². The Labute approximate surface area is 121 Å². The van der Waals surface area contributed by atoms with Crippen molar-refractivity contribution in [1.29, 1.82) is 0 Å². The molecule has 20 heavy (non-hydrogen) atoms. The molecule has 1 aromatic rings. The van der Waals surface area contributed by atoms with Crippen LogP contribution in [0.5, 0.6) is 0 Å². The highest BCUT2D eigenvalue weighted by Gasteiger charge is 2.22. The summed E-state index contributed by atoms with van der Waals surface area (Å²) in [5.41, 5.74) is 1.06. The van der Waals surface area contributed by atoms with Gasteiger partial charge in [-0.3, -0.25) is 0 Å². The minimum absolute atomic E-state index is 0.495. The lowest BCUT2D eigenvalue weighted by atomic mass is 9.99. The fourth-order valence-corrected chi connectivity index (χ4v) is 2.20. The van der Waals surface area contributed by atoms with E-state index in [0.717, 1.165) is 36.8 Å². The maximum absolute atomic E-state index is 5.39. The highest BCUT2D eigenvalue weighted by molar-refractivity contribution is 5.80. The molecule has 112 valence electrons. The molecule has 1 aliphatic rings. The molecule has 5 heteroatoms. The molecule has 0 atom stereocenters. The fourth-order valence-electron chi connectivity index (χ4n) is 2.20. The average molecular weight is 278 g/mol. The van der Waals surface area contributed by atoms with Crippen molar-refractivity contribution < 1.29 is 4.52 Å². The molecule has 0 unspecified atom stereocenters. The highest BCUT2D eigenvalue weighted by Crippen LogP contribution is 2.22. The van der Waals surface area contributed by atoms with Crippen LogP contribution in [0.3, 0.4) is 0 Å². The van der Waals surface area contributed by atoms with Crippen LogP contribution >= 0.6 is 0 Å². The van der Waals surface area contributed by atoms with Gasteiger partial charge >= 0.3 is 0 Å². The van der Waals surface area contributed by atoms with Crippen LogP contribution in [0.1, 0.15) is 63.8 Å². The van der Waals surface area contributed by atoms with Gasteiger partial charge in [-0.05, 0) is 32.6 Å². The minimum Gasteiger partial charge on any atom is -0.359 e. The zero-order valence-corrected chi connectivity index (χ0v) is 12.8. The maximum atomic E-state index is 5.39. The number of guanidine groups is 1. The van der Waals surface area contributed by atoms with Crippen molar-refractivity contribution in [3.05, 3.63) is 17.5 Å². The summed E-state index contributed by atoms with van der Waals surface area (Å²) in [6.45, 7) is 7.85. The fraction of sp³-hybridized carbons (Fsp3) is 0.733. The first kappa shape index (κ1) is 14.9. The summed E-state index contributed by atoms with van der Waals surface area (Å²) in [6, 6.07) is 2.64. The molecule has 0 aliphatic heterocycles. The maximum Gasteiger partial charge on any atom is 0.191 e. The molecule has 0 saturated heterocycles.